The van der Waals surface area contributed by atoms with Crippen LogP contribution in [-0.4, -0.2) is 13.0 Å². The molecule has 4 nitrogen and oxygen atoms in total. The minimum absolute atomic E-state index is 0.195. The van der Waals surface area contributed by atoms with Crippen molar-refractivity contribution in [2.24, 2.45) is 0 Å². The van der Waals surface area contributed by atoms with Crippen LogP contribution in [0.3, 0.4) is 0 Å². The lowest BCUT2D eigenvalue weighted by atomic mass is 10.3. The molecule has 0 aliphatic heterocycles. The third-order valence-electron chi connectivity index (χ3n) is 2.22. The summed E-state index contributed by atoms with van der Waals surface area (Å²) < 4.78 is 10.7. The molecule has 0 aliphatic carbocycles. The maximum atomic E-state index is 11.9. The Kier molecular flexibility index (Phi) is 3.93. The van der Waals surface area contributed by atoms with Crippen LogP contribution in [0.2, 0.25) is 5.02 Å². The number of methoxy groups -OCH3 is 1. The Morgan fingerprint density at radius 3 is 2.78 bits per heavy atom. The molecular formula is C12H9BrClNO3. The molecule has 0 unspecified atom stereocenters. The Hall–Kier alpha value is -1.46. The maximum absolute atomic E-state index is 11.9. The summed E-state index contributed by atoms with van der Waals surface area (Å²) in [7, 11) is 1.54. The topological polar surface area (TPSA) is 51.5 Å². The number of nitrogens with one attached hydrogen (secondary N) is 1. The molecular weight excluding hydrogens is 321 g/mol. The number of carbonyl (C=O) groups excluding carboxylic acids is 1. The van der Waals surface area contributed by atoms with Crippen molar-refractivity contribution in [3.63, 3.8) is 0 Å². The van der Waals surface area contributed by atoms with Gasteiger partial charge in [-0.05, 0) is 40.2 Å². The summed E-state index contributed by atoms with van der Waals surface area (Å²) >= 11 is 9.11. The number of amides is 1. The molecule has 1 N–H and O–H groups in total. The van der Waals surface area contributed by atoms with Gasteiger partial charge >= 0.3 is 0 Å². The summed E-state index contributed by atoms with van der Waals surface area (Å²) in [5, 5.41) is 3.07. The van der Waals surface area contributed by atoms with Crippen LogP contribution in [0.25, 0.3) is 0 Å². The number of carbonyl (C=O) groups is 1. The average molecular weight is 331 g/mol. The van der Waals surface area contributed by atoms with E-state index in [1.807, 2.05) is 0 Å². The highest BCUT2D eigenvalue weighted by molar-refractivity contribution is 9.10. The van der Waals surface area contributed by atoms with E-state index in [0.29, 0.717) is 21.1 Å². The van der Waals surface area contributed by atoms with E-state index >= 15 is 0 Å². The van der Waals surface area contributed by atoms with E-state index in [0.717, 1.165) is 0 Å². The van der Waals surface area contributed by atoms with Crippen LogP contribution in [-0.2, 0) is 0 Å². The molecule has 2 aromatic rings. The number of benzene rings is 1. The van der Waals surface area contributed by atoms with Crippen molar-refractivity contribution >= 4 is 39.1 Å². The largest absolute Gasteiger partial charge is 0.497 e. The Bertz CT molecular complexity index is 582. The zero-order valence-corrected chi connectivity index (χ0v) is 11.7. The number of halogens is 2. The minimum atomic E-state index is -0.379. The third kappa shape index (κ3) is 2.86. The van der Waals surface area contributed by atoms with E-state index in [2.05, 4.69) is 21.2 Å². The summed E-state index contributed by atoms with van der Waals surface area (Å²) in [6.07, 6.45) is 0. The lowest BCUT2D eigenvalue weighted by molar-refractivity contribution is 0.0995. The zero-order chi connectivity index (χ0) is 13.1. The number of hydrogen-bond donors (Lipinski definition) is 1. The summed E-state index contributed by atoms with van der Waals surface area (Å²) in [6, 6.07) is 8.20. The molecule has 0 saturated heterocycles. The molecule has 0 spiro atoms. The second kappa shape index (κ2) is 5.46. The quantitative estimate of drug-likeness (QED) is 0.927. The summed E-state index contributed by atoms with van der Waals surface area (Å²) in [6.45, 7) is 0. The van der Waals surface area contributed by atoms with Crippen LogP contribution in [0.5, 0.6) is 5.75 Å². The van der Waals surface area contributed by atoms with Gasteiger partial charge in [0.2, 0.25) is 0 Å². The van der Waals surface area contributed by atoms with Crippen LogP contribution < -0.4 is 10.1 Å². The SMILES string of the molecule is COc1ccc(Cl)c(NC(=O)c2ccc(Br)o2)c1. The predicted octanol–water partition coefficient (Wildman–Crippen LogP) is 3.96. The number of hydrogen-bond acceptors (Lipinski definition) is 3. The van der Waals surface area contributed by atoms with Crippen molar-refractivity contribution in [2.45, 2.75) is 0 Å². The van der Waals surface area contributed by atoms with Crippen molar-refractivity contribution < 1.29 is 13.9 Å². The molecule has 0 atom stereocenters. The van der Waals surface area contributed by atoms with E-state index in [1.54, 1.807) is 37.4 Å². The molecule has 2 rings (SSSR count). The van der Waals surface area contributed by atoms with Gasteiger partial charge in [0.05, 0.1) is 17.8 Å². The molecule has 1 aromatic carbocycles. The molecule has 0 fully saturated rings. The molecule has 18 heavy (non-hydrogen) atoms. The van der Waals surface area contributed by atoms with Gasteiger partial charge in [0.1, 0.15) is 5.75 Å². The lowest BCUT2D eigenvalue weighted by Gasteiger charge is -2.07. The van der Waals surface area contributed by atoms with Gasteiger partial charge in [-0.15, -0.1) is 0 Å². The minimum Gasteiger partial charge on any atom is -0.497 e. The second-order valence-corrected chi connectivity index (χ2v) is 4.59. The van der Waals surface area contributed by atoms with Crippen molar-refractivity contribution in [3.05, 3.63) is 45.8 Å². The van der Waals surface area contributed by atoms with Crippen molar-refractivity contribution in [2.75, 3.05) is 12.4 Å². The third-order valence-corrected chi connectivity index (χ3v) is 2.97. The number of furan rings is 1. The van der Waals surface area contributed by atoms with Crippen LogP contribution >= 0.6 is 27.5 Å². The van der Waals surface area contributed by atoms with Gasteiger partial charge in [-0.25, -0.2) is 0 Å². The van der Waals surface area contributed by atoms with Crippen molar-refractivity contribution in [1.82, 2.24) is 0 Å². The van der Waals surface area contributed by atoms with Gasteiger partial charge in [-0.1, -0.05) is 11.6 Å². The van der Waals surface area contributed by atoms with Crippen LogP contribution in [0, 0.1) is 0 Å². The van der Waals surface area contributed by atoms with Crippen LogP contribution in [0.15, 0.2) is 39.4 Å². The number of ether oxygens (including phenoxy) is 1. The van der Waals surface area contributed by atoms with Gasteiger partial charge in [-0.3, -0.25) is 4.79 Å². The van der Waals surface area contributed by atoms with Gasteiger partial charge < -0.3 is 14.5 Å². The number of rotatable bonds is 3. The fourth-order valence-electron chi connectivity index (χ4n) is 1.35. The molecule has 0 aliphatic rings. The molecule has 0 radical (unpaired) electrons. The standard InChI is InChI=1S/C12H9BrClNO3/c1-17-7-2-3-8(14)9(6-7)15-12(16)10-4-5-11(13)18-10/h2-6H,1H3,(H,15,16). The molecule has 1 aromatic heterocycles. The van der Waals surface area contributed by atoms with Gasteiger partial charge in [0.15, 0.2) is 10.4 Å². The predicted molar refractivity (Wildman–Crippen MR) is 72.4 cm³/mol. The first-order chi connectivity index (χ1) is 8.60. The zero-order valence-electron chi connectivity index (χ0n) is 9.37. The Balaban J connectivity index is 2.21. The molecule has 0 bridgehead atoms. The Morgan fingerprint density at radius 2 is 2.17 bits per heavy atom. The monoisotopic (exact) mass is 329 g/mol. The molecule has 1 heterocycles. The molecule has 1 amide bonds. The Labute approximate surface area is 117 Å². The van der Waals surface area contributed by atoms with E-state index in [-0.39, 0.29) is 11.7 Å². The smallest absolute Gasteiger partial charge is 0.291 e. The normalized spacial score (nSPS) is 10.2. The van der Waals surface area contributed by atoms with E-state index in [9.17, 15) is 4.79 Å². The maximum Gasteiger partial charge on any atom is 0.291 e. The highest BCUT2D eigenvalue weighted by Crippen LogP contribution is 2.27. The fraction of sp³-hybridized carbons (Fsp3) is 0.0833. The lowest BCUT2D eigenvalue weighted by Crippen LogP contribution is -2.11. The van der Waals surface area contributed by atoms with E-state index in [1.165, 1.54) is 0 Å². The molecule has 6 heteroatoms. The van der Waals surface area contributed by atoms with Gasteiger partial charge in [-0.2, -0.15) is 0 Å². The summed E-state index contributed by atoms with van der Waals surface area (Å²) in [5.41, 5.74) is 0.466. The fourth-order valence-corrected chi connectivity index (χ4v) is 1.82. The second-order valence-electron chi connectivity index (χ2n) is 3.40. The average Bonchev–Trinajstić information content (AvgIpc) is 2.79. The summed E-state index contributed by atoms with van der Waals surface area (Å²) in [4.78, 5) is 11.9. The first-order valence-corrected chi connectivity index (χ1v) is 6.17. The number of anilines is 1. The van der Waals surface area contributed by atoms with Gasteiger partial charge in [0, 0.05) is 6.07 Å². The van der Waals surface area contributed by atoms with Crippen LogP contribution in [0.4, 0.5) is 5.69 Å². The van der Waals surface area contributed by atoms with Crippen molar-refractivity contribution in [3.8, 4) is 5.75 Å². The highest BCUT2D eigenvalue weighted by Gasteiger charge is 2.12. The van der Waals surface area contributed by atoms with E-state index < -0.39 is 0 Å². The molecule has 0 saturated carbocycles. The van der Waals surface area contributed by atoms with E-state index in [4.69, 9.17) is 20.8 Å². The first-order valence-electron chi connectivity index (χ1n) is 5.00. The van der Waals surface area contributed by atoms with Gasteiger partial charge in [0.25, 0.3) is 5.91 Å². The highest BCUT2D eigenvalue weighted by atomic mass is 79.9. The molecule has 94 valence electrons. The summed E-state index contributed by atoms with van der Waals surface area (Å²) in [5.74, 6) is 0.423. The first kappa shape index (κ1) is 13.0. The van der Waals surface area contributed by atoms with Crippen LogP contribution in [0.1, 0.15) is 10.6 Å². The van der Waals surface area contributed by atoms with Crippen molar-refractivity contribution in [1.29, 1.82) is 0 Å². The Morgan fingerprint density at radius 1 is 1.39 bits per heavy atom.